The SMILES string of the molecule is COc1cc(CNC(=O)c2cccnc2S(=O)(=O)C(F)(F)F)ccn1. The number of hydrogen-bond acceptors (Lipinski definition) is 6. The van der Waals surface area contributed by atoms with Gasteiger partial charge in [0.25, 0.3) is 15.7 Å². The van der Waals surface area contributed by atoms with E-state index in [1.807, 2.05) is 0 Å². The van der Waals surface area contributed by atoms with Crippen LogP contribution in [0.1, 0.15) is 15.9 Å². The van der Waals surface area contributed by atoms with Crippen LogP contribution >= 0.6 is 0 Å². The van der Waals surface area contributed by atoms with E-state index in [4.69, 9.17) is 4.74 Å². The molecule has 1 N–H and O–H groups in total. The van der Waals surface area contributed by atoms with Crippen molar-refractivity contribution in [2.45, 2.75) is 17.1 Å². The van der Waals surface area contributed by atoms with Gasteiger partial charge in [-0.15, -0.1) is 0 Å². The summed E-state index contributed by atoms with van der Waals surface area (Å²) >= 11 is 0. The lowest BCUT2D eigenvalue weighted by Crippen LogP contribution is -2.30. The maximum atomic E-state index is 12.7. The lowest BCUT2D eigenvalue weighted by atomic mass is 10.2. The number of methoxy groups -OCH3 is 1. The Kier molecular flexibility index (Phi) is 5.26. The van der Waals surface area contributed by atoms with Crippen molar-refractivity contribution in [3.8, 4) is 5.88 Å². The zero-order chi connectivity index (χ0) is 18.7. The van der Waals surface area contributed by atoms with Crippen molar-refractivity contribution in [2.75, 3.05) is 7.11 Å². The van der Waals surface area contributed by atoms with Gasteiger partial charge in [0.15, 0.2) is 5.03 Å². The highest BCUT2D eigenvalue weighted by Gasteiger charge is 2.49. The summed E-state index contributed by atoms with van der Waals surface area (Å²) in [7, 11) is -4.35. The Balaban J connectivity index is 2.26. The molecule has 0 saturated heterocycles. The fourth-order valence-electron chi connectivity index (χ4n) is 1.84. The minimum atomic E-state index is -5.75. The molecular formula is C14H12F3N3O4S. The Hall–Kier alpha value is -2.69. The topological polar surface area (TPSA) is 98.2 Å². The molecule has 1 amide bonds. The Morgan fingerprint density at radius 1 is 1.24 bits per heavy atom. The van der Waals surface area contributed by atoms with E-state index in [0.717, 1.165) is 12.3 Å². The van der Waals surface area contributed by atoms with Crippen LogP contribution < -0.4 is 10.1 Å². The van der Waals surface area contributed by atoms with Crippen LogP contribution in [0.4, 0.5) is 13.2 Å². The van der Waals surface area contributed by atoms with Crippen molar-refractivity contribution in [1.29, 1.82) is 0 Å². The highest BCUT2D eigenvalue weighted by Crippen LogP contribution is 2.30. The first-order valence-corrected chi connectivity index (χ1v) is 8.18. The Bertz CT molecular complexity index is 885. The first kappa shape index (κ1) is 18.6. The van der Waals surface area contributed by atoms with Gasteiger partial charge in [-0.05, 0) is 23.8 Å². The second-order valence-corrected chi connectivity index (χ2v) is 6.55. The van der Waals surface area contributed by atoms with Gasteiger partial charge >= 0.3 is 5.51 Å². The molecule has 0 aliphatic rings. The number of carbonyl (C=O) groups is 1. The molecule has 0 aliphatic heterocycles. The monoisotopic (exact) mass is 375 g/mol. The summed E-state index contributed by atoms with van der Waals surface area (Å²) in [5, 5.41) is 0.996. The van der Waals surface area contributed by atoms with Gasteiger partial charge in [-0.1, -0.05) is 0 Å². The highest BCUT2D eigenvalue weighted by molar-refractivity contribution is 7.92. The summed E-state index contributed by atoms with van der Waals surface area (Å²) in [5.74, 6) is -0.722. The lowest BCUT2D eigenvalue weighted by Gasteiger charge is -2.12. The molecule has 0 bridgehead atoms. The molecule has 0 saturated carbocycles. The predicted molar refractivity (Wildman–Crippen MR) is 79.4 cm³/mol. The Morgan fingerprint density at radius 2 is 1.96 bits per heavy atom. The van der Waals surface area contributed by atoms with Crippen molar-refractivity contribution in [3.05, 3.63) is 47.8 Å². The molecule has 0 fully saturated rings. The zero-order valence-corrected chi connectivity index (χ0v) is 13.6. The van der Waals surface area contributed by atoms with Crippen molar-refractivity contribution in [1.82, 2.24) is 15.3 Å². The Morgan fingerprint density at radius 3 is 2.60 bits per heavy atom. The average Bonchev–Trinajstić information content (AvgIpc) is 2.58. The first-order valence-electron chi connectivity index (χ1n) is 6.70. The number of rotatable bonds is 5. The largest absolute Gasteiger partial charge is 0.503 e. The van der Waals surface area contributed by atoms with E-state index in [-0.39, 0.29) is 12.4 Å². The smallest absolute Gasteiger partial charge is 0.481 e. The molecule has 25 heavy (non-hydrogen) atoms. The molecule has 0 unspecified atom stereocenters. The normalized spacial score (nSPS) is 11.8. The zero-order valence-electron chi connectivity index (χ0n) is 12.7. The third kappa shape index (κ3) is 4.05. The number of sulfone groups is 1. The number of ether oxygens (including phenoxy) is 1. The van der Waals surface area contributed by atoms with E-state index >= 15 is 0 Å². The van der Waals surface area contributed by atoms with Gasteiger partial charge in [0, 0.05) is 25.0 Å². The van der Waals surface area contributed by atoms with Gasteiger partial charge in [-0.25, -0.2) is 18.4 Å². The van der Waals surface area contributed by atoms with Gasteiger partial charge in [0.1, 0.15) is 0 Å². The highest BCUT2D eigenvalue weighted by atomic mass is 32.2. The van der Waals surface area contributed by atoms with Crippen molar-refractivity contribution in [3.63, 3.8) is 0 Å². The minimum Gasteiger partial charge on any atom is -0.481 e. The molecule has 134 valence electrons. The molecule has 2 aromatic rings. The van der Waals surface area contributed by atoms with Gasteiger partial charge in [-0.3, -0.25) is 4.79 Å². The average molecular weight is 375 g/mol. The van der Waals surface area contributed by atoms with Gasteiger partial charge < -0.3 is 10.1 Å². The summed E-state index contributed by atoms with van der Waals surface area (Å²) in [6, 6.07) is 5.18. The van der Waals surface area contributed by atoms with Crippen molar-refractivity contribution in [2.24, 2.45) is 0 Å². The molecule has 2 aromatic heterocycles. The second-order valence-electron chi connectivity index (χ2n) is 4.69. The van der Waals surface area contributed by atoms with Crippen molar-refractivity contribution < 1.29 is 31.1 Å². The molecule has 11 heteroatoms. The van der Waals surface area contributed by atoms with Crippen LogP contribution in [-0.4, -0.2) is 36.9 Å². The summed E-state index contributed by atoms with van der Waals surface area (Å²) in [6.45, 7) is -0.0713. The molecule has 0 radical (unpaired) electrons. The standard InChI is InChI=1S/C14H12F3N3O4S/c1-24-11-7-9(4-6-18-11)8-20-12(21)10-3-2-5-19-13(10)25(22,23)14(15,16)17/h2-7H,8H2,1H3,(H,20,21). The van der Waals surface area contributed by atoms with E-state index in [1.54, 1.807) is 6.07 Å². The number of hydrogen-bond donors (Lipinski definition) is 1. The molecule has 0 aromatic carbocycles. The van der Waals surface area contributed by atoms with E-state index in [9.17, 15) is 26.4 Å². The number of aromatic nitrogens is 2. The number of nitrogens with one attached hydrogen (secondary N) is 1. The van der Waals surface area contributed by atoms with Crippen LogP contribution in [0.5, 0.6) is 5.88 Å². The van der Waals surface area contributed by atoms with Crippen LogP contribution in [0.15, 0.2) is 41.7 Å². The number of nitrogens with zero attached hydrogens (tertiary/aromatic N) is 2. The van der Waals surface area contributed by atoms with Gasteiger partial charge in [-0.2, -0.15) is 13.2 Å². The van der Waals surface area contributed by atoms with Crippen LogP contribution in [-0.2, 0) is 16.4 Å². The second kappa shape index (κ2) is 7.05. The van der Waals surface area contributed by atoms with Gasteiger partial charge in [0.2, 0.25) is 5.88 Å². The number of alkyl halides is 3. The van der Waals surface area contributed by atoms with E-state index < -0.39 is 31.8 Å². The van der Waals surface area contributed by atoms with E-state index in [0.29, 0.717) is 5.56 Å². The fraction of sp³-hybridized carbons (Fsp3) is 0.214. The number of amides is 1. The maximum absolute atomic E-state index is 12.7. The van der Waals surface area contributed by atoms with Crippen molar-refractivity contribution >= 4 is 15.7 Å². The molecule has 0 spiro atoms. The quantitative estimate of drug-likeness (QED) is 0.854. The van der Waals surface area contributed by atoms with Gasteiger partial charge in [0.05, 0.1) is 12.7 Å². The molecule has 2 heterocycles. The van der Waals surface area contributed by atoms with Crippen LogP contribution in [0, 0.1) is 0 Å². The molecular weight excluding hydrogens is 363 g/mol. The van der Waals surface area contributed by atoms with Crippen LogP contribution in [0.2, 0.25) is 0 Å². The number of pyridine rings is 2. The minimum absolute atomic E-state index is 0.0713. The molecule has 7 nitrogen and oxygen atoms in total. The fourth-order valence-corrected chi connectivity index (χ4v) is 2.71. The maximum Gasteiger partial charge on any atom is 0.503 e. The summed E-state index contributed by atoms with van der Waals surface area (Å²) < 4.78 is 66.1. The predicted octanol–water partition coefficient (Wildman–Crippen LogP) is 1.71. The van der Waals surface area contributed by atoms with Crippen LogP contribution in [0.3, 0.4) is 0 Å². The lowest BCUT2D eigenvalue weighted by molar-refractivity contribution is -0.0438. The summed E-state index contributed by atoms with van der Waals surface area (Å²) in [4.78, 5) is 19.2. The molecule has 0 atom stereocenters. The Labute approximate surface area is 140 Å². The third-order valence-corrected chi connectivity index (χ3v) is 4.48. The number of halogens is 3. The summed E-state index contributed by atoms with van der Waals surface area (Å²) in [5.41, 5.74) is -5.69. The molecule has 0 aliphatic carbocycles. The summed E-state index contributed by atoms with van der Waals surface area (Å²) in [6.07, 6.45) is 2.28. The van der Waals surface area contributed by atoms with E-state index in [2.05, 4.69) is 15.3 Å². The molecule has 2 rings (SSSR count). The number of carbonyl (C=O) groups excluding carboxylic acids is 1. The first-order chi connectivity index (χ1) is 11.7. The van der Waals surface area contributed by atoms with E-state index in [1.165, 1.54) is 25.4 Å². The third-order valence-electron chi connectivity index (χ3n) is 3.04. The van der Waals surface area contributed by atoms with Crippen LogP contribution in [0.25, 0.3) is 0 Å².